The van der Waals surface area contributed by atoms with Crippen LogP contribution < -0.4 is 4.57 Å². The number of hydrogen-bond donors (Lipinski definition) is 2. The fraction of sp³-hybridized carbons (Fsp3) is 0.100. The molecule has 5 heteroatoms. The second-order valence-electron chi connectivity index (χ2n) is 2.94. The second kappa shape index (κ2) is 4.36. The molecule has 0 radical (unpaired) electrons. The van der Waals surface area contributed by atoms with E-state index in [4.69, 9.17) is 10.2 Å². The first-order valence-electron chi connectivity index (χ1n) is 4.14. The van der Waals surface area contributed by atoms with Gasteiger partial charge in [0, 0.05) is 6.07 Å². The van der Waals surface area contributed by atoms with Crippen molar-refractivity contribution in [3.63, 3.8) is 0 Å². The molecule has 0 amide bonds. The van der Waals surface area contributed by atoms with Gasteiger partial charge in [-0.15, -0.1) is 0 Å². The van der Waals surface area contributed by atoms with Crippen molar-refractivity contribution in [3.05, 3.63) is 36.7 Å². The highest BCUT2D eigenvalue weighted by molar-refractivity contribution is 6.14. The Labute approximate surface area is 85.9 Å². The Hall–Kier alpha value is -2.17. The number of hydrogen-bond acceptors (Lipinski definition) is 2. The summed E-state index contributed by atoms with van der Waals surface area (Å²) in [7, 11) is 0. The predicted octanol–water partition coefficient (Wildman–Crippen LogP) is 0.157. The molecule has 0 aliphatic carbocycles. The lowest BCUT2D eigenvalue weighted by Gasteiger charge is -1.98. The van der Waals surface area contributed by atoms with E-state index in [9.17, 15) is 9.59 Å². The van der Waals surface area contributed by atoms with Crippen LogP contribution in [0.25, 0.3) is 5.57 Å². The van der Waals surface area contributed by atoms with E-state index < -0.39 is 11.9 Å². The topological polar surface area (TPSA) is 78.5 Å². The number of carboxylic acids is 2. The lowest BCUT2D eigenvalue weighted by Crippen LogP contribution is -2.37. The van der Waals surface area contributed by atoms with E-state index in [2.05, 4.69) is 6.58 Å². The smallest absolute Gasteiger partial charge is 0.370 e. The Bertz CT molecular complexity index is 425. The van der Waals surface area contributed by atoms with E-state index in [0.717, 1.165) is 0 Å². The zero-order valence-corrected chi connectivity index (χ0v) is 7.88. The molecule has 0 atom stereocenters. The predicted molar refractivity (Wildman–Crippen MR) is 50.9 cm³/mol. The van der Waals surface area contributed by atoms with Gasteiger partial charge in [0.25, 0.3) is 0 Å². The molecule has 2 N–H and O–H groups in total. The molecule has 0 fully saturated rings. The normalized spacial score (nSPS) is 9.60. The molecule has 0 saturated carbocycles. The van der Waals surface area contributed by atoms with Crippen LogP contribution in [0.5, 0.6) is 0 Å². The van der Waals surface area contributed by atoms with Crippen molar-refractivity contribution in [2.24, 2.45) is 0 Å². The summed E-state index contributed by atoms with van der Waals surface area (Å²) in [6.07, 6.45) is 2.98. The zero-order chi connectivity index (χ0) is 11.4. The lowest BCUT2D eigenvalue weighted by atomic mass is 10.1. The third kappa shape index (κ3) is 2.91. The van der Waals surface area contributed by atoms with Crippen molar-refractivity contribution in [1.29, 1.82) is 0 Å². The van der Waals surface area contributed by atoms with Crippen molar-refractivity contribution in [1.82, 2.24) is 0 Å². The minimum Gasteiger partial charge on any atom is -0.478 e. The number of aliphatic carboxylic acids is 2. The SMILES string of the molecule is C=C(C(=O)O)c1ccc[n+](CC(=O)O)c1. The van der Waals surface area contributed by atoms with Crippen molar-refractivity contribution >= 4 is 17.5 Å². The van der Waals surface area contributed by atoms with Crippen LogP contribution in [0.15, 0.2) is 31.1 Å². The molecule has 1 aromatic heterocycles. The van der Waals surface area contributed by atoms with Gasteiger partial charge in [0.15, 0.2) is 12.4 Å². The van der Waals surface area contributed by atoms with Crippen molar-refractivity contribution in [2.75, 3.05) is 0 Å². The monoisotopic (exact) mass is 208 g/mol. The van der Waals surface area contributed by atoms with E-state index in [1.54, 1.807) is 18.3 Å². The minimum atomic E-state index is -1.12. The number of nitrogens with zero attached hydrogens (tertiary/aromatic N) is 1. The van der Waals surface area contributed by atoms with Gasteiger partial charge in [-0.1, -0.05) is 6.58 Å². The second-order valence-corrected chi connectivity index (χ2v) is 2.94. The molecular formula is C10H10NO4+. The van der Waals surface area contributed by atoms with Crippen LogP contribution in [0.2, 0.25) is 0 Å². The molecule has 0 aliphatic heterocycles. The summed E-state index contributed by atoms with van der Waals surface area (Å²) in [5, 5.41) is 17.2. The summed E-state index contributed by atoms with van der Waals surface area (Å²) in [6.45, 7) is 3.18. The first-order valence-corrected chi connectivity index (χ1v) is 4.14. The third-order valence-electron chi connectivity index (χ3n) is 1.78. The number of pyridine rings is 1. The average Bonchev–Trinajstić information content (AvgIpc) is 2.16. The molecular weight excluding hydrogens is 198 g/mol. The standard InChI is InChI=1S/C10H9NO4/c1-7(10(14)15)8-3-2-4-11(5-8)6-9(12)13/h2-5H,1,6H2,(H-,12,13,14,15)/p+1. The maximum atomic E-state index is 10.6. The Kier molecular flexibility index (Phi) is 3.17. The summed E-state index contributed by atoms with van der Waals surface area (Å²) in [6, 6.07) is 3.14. The van der Waals surface area contributed by atoms with Crippen LogP contribution in [-0.2, 0) is 16.1 Å². The van der Waals surface area contributed by atoms with Crippen LogP contribution in [0.1, 0.15) is 5.56 Å². The maximum absolute atomic E-state index is 10.6. The zero-order valence-electron chi connectivity index (χ0n) is 7.88. The third-order valence-corrected chi connectivity index (χ3v) is 1.78. The van der Waals surface area contributed by atoms with Crippen molar-refractivity contribution in [3.8, 4) is 0 Å². The molecule has 0 spiro atoms. The fourth-order valence-corrected chi connectivity index (χ4v) is 1.08. The average molecular weight is 208 g/mol. The molecule has 0 unspecified atom stereocenters. The number of aromatic nitrogens is 1. The van der Waals surface area contributed by atoms with Gasteiger partial charge in [0.2, 0.25) is 6.54 Å². The van der Waals surface area contributed by atoms with Crippen molar-refractivity contribution in [2.45, 2.75) is 6.54 Å². The van der Waals surface area contributed by atoms with Gasteiger partial charge < -0.3 is 10.2 Å². The molecule has 0 aliphatic rings. The Morgan fingerprint density at radius 2 is 2.07 bits per heavy atom. The highest BCUT2D eigenvalue weighted by Crippen LogP contribution is 2.08. The summed E-state index contributed by atoms with van der Waals surface area (Å²) in [5.41, 5.74) is 0.334. The summed E-state index contributed by atoms with van der Waals surface area (Å²) in [4.78, 5) is 21.0. The van der Waals surface area contributed by atoms with E-state index in [-0.39, 0.29) is 12.1 Å². The minimum absolute atomic E-state index is 0.0604. The summed E-state index contributed by atoms with van der Waals surface area (Å²) >= 11 is 0. The molecule has 1 heterocycles. The fourth-order valence-electron chi connectivity index (χ4n) is 1.08. The quantitative estimate of drug-likeness (QED) is 0.545. The molecule has 5 nitrogen and oxygen atoms in total. The molecule has 1 rings (SSSR count). The summed E-state index contributed by atoms with van der Waals surface area (Å²) < 4.78 is 1.38. The molecule has 78 valence electrons. The van der Waals surface area contributed by atoms with Gasteiger partial charge in [-0.3, -0.25) is 0 Å². The van der Waals surface area contributed by atoms with Gasteiger partial charge in [0.05, 0.1) is 11.1 Å². The highest BCUT2D eigenvalue weighted by Gasteiger charge is 2.12. The van der Waals surface area contributed by atoms with Gasteiger partial charge in [0.1, 0.15) is 0 Å². The van der Waals surface area contributed by atoms with Crippen LogP contribution in [-0.4, -0.2) is 22.2 Å². The Morgan fingerprint density at radius 1 is 1.40 bits per heavy atom. The van der Waals surface area contributed by atoms with Gasteiger partial charge in [-0.25, -0.2) is 9.59 Å². The van der Waals surface area contributed by atoms with Crippen LogP contribution in [0.4, 0.5) is 0 Å². The molecule has 0 bridgehead atoms. The van der Waals surface area contributed by atoms with Crippen LogP contribution >= 0.6 is 0 Å². The number of rotatable bonds is 4. The largest absolute Gasteiger partial charge is 0.478 e. The van der Waals surface area contributed by atoms with E-state index in [0.29, 0.717) is 5.56 Å². The van der Waals surface area contributed by atoms with Gasteiger partial charge >= 0.3 is 11.9 Å². The van der Waals surface area contributed by atoms with Crippen LogP contribution in [0, 0.1) is 0 Å². The van der Waals surface area contributed by atoms with E-state index in [1.165, 1.54) is 10.8 Å². The molecule has 15 heavy (non-hydrogen) atoms. The maximum Gasteiger partial charge on any atom is 0.370 e. The van der Waals surface area contributed by atoms with Gasteiger partial charge in [-0.05, 0) is 6.07 Å². The van der Waals surface area contributed by atoms with E-state index >= 15 is 0 Å². The lowest BCUT2D eigenvalue weighted by molar-refractivity contribution is -0.685. The molecule has 1 aromatic rings. The number of carboxylic acid groups (broad SMARTS) is 2. The summed E-state index contributed by atoms with van der Waals surface area (Å²) in [5.74, 6) is -2.11. The Morgan fingerprint density at radius 3 is 2.60 bits per heavy atom. The molecule has 0 saturated heterocycles. The van der Waals surface area contributed by atoms with Crippen molar-refractivity contribution < 1.29 is 24.4 Å². The first kappa shape index (κ1) is 10.9. The number of carbonyl (C=O) groups is 2. The Balaban J connectivity index is 2.97. The molecule has 0 aromatic carbocycles. The van der Waals surface area contributed by atoms with E-state index in [1.807, 2.05) is 0 Å². The van der Waals surface area contributed by atoms with Crippen LogP contribution in [0.3, 0.4) is 0 Å². The first-order chi connectivity index (χ1) is 7.00. The van der Waals surface area contributed by atoms with Gasteiger partial charge in [-0.2, -0.15) is 4.57 Å². The highest BCUT2D eigenvalue weighted by atomic mass is 16.4.